The summed E-state index contributed by atoms with van der Waals surface area (Å²) in [7, 11) is 4.51. The van der Waals surface area contributed by atoms with Crippen molar-refractivity contribution in [2.45, 2.75) is 18.8 Å². The molecule has 4 heteroatoms. The molecule has 11 heavy (non-hydrogen) atoms. The SMILES string of the molecule is COC(CCCO)(OC)OC. The minimum absolute atomic E-state index is 0.109. The first kappa shape index (κ1) is 10.8. The summed E-state index contributed by atoms with van der Waals surface area (Å²) in [5.74, 6) is -0.983. The van der Waals surface area contributed by atoms with Gasteiger partial charge in [-0.15, -0.1) is 0 Å². The van der Waals surface area contributed by atoms with Gasteiger partial charge in [0.1, 0.15) is 0 Å². The van der Waals surface area contributed by atoms with E-state index in [0.717, 1.165) is 0 Å². The molecule has 0 bridgehead atoms. The highest BCUT2D eigenvalue weighted by Gasteiger charge is 2.28. The normalized spacial score (nSPS) is 12.0. The van der Waals surface area contributed by atoms with Crippen LogP contribution in [-0.2, 0) is 14.2 Å². The fourth-order valence-electron chi connectivity index (χ4n) is 0.852. The summed E-state index contributed by atoms with van der Waals surface area (Å²) < 4.78 is 14.9. The third kappa shape index (κ3) is 3.16. The van der Waals surface area contributed by atoms with Crippen LogP contribution in [0.25, 0.3) is 0 Å². The Kier molecular flexibility index (Phi) is 5.41. The number of hydrogen-bond acceptors (Lipinski definition) is 4. The van der Waals surface area contributed by atoms with Crippen LogP contribution in [-0.4, -0.2) is 39.0 Å². The van der Waals surface area contributed by atoms with Gasteiger partial charge in [-0.2, -0.15) is 0 Å². The zero-order valence-corrected chi connectivity index (χ0v) is 7.29. The van der Waals surface area contributed by atoms with Crippen LogP contribution >= 0.6 is 0 Å². The summed E-state index contributed by atoms with van der Waals surface area (Å²) in [4.78, 5) is 0. The lowest BCUT2D eigenvalue weighted by molar-refractivity contribution is -0.355. The van der Waals surface area contributed by atoms with Gasteiger partial charge in [0.15, 0.2) is 0 Å². The molecule has 0 rings (SSSR count). The van der Waals surface area contributed by atoms with E-state index in [-0.39, 0.29) is 6.61 Å². The Hall–Kier alpha value is -0.160. The summed E-state index contributed by atoms with van der Waals surface area (Å²) >= 11 is 0. The first-order chi connectivity index (χ1) is 5.24. The number of aliphatic hydroxyl groups excluding tert-OH is 1. The van der Waals surface area contributed by atoms with Crippen LogP contribution in [0.4, 0.5) is 0 Å². The van der Waals surface area contributed by atoms with Crippen LogP contribution in [0.1, 0.15) is 12.8 Å². The highest BCUT2D eigenvalue weighted by Crippen LogP contribution is 2.18. The molecule has 1 N–H and O–H groups in total. The molecule has 0 radical (unpaired) electrons. The Morgan fingerprint density at radius 2 is 1.55 bits per heavy atom. The maximum atomic E-state index is 8.55. The molecule has 0 aromatic heterocycles. The van der Waals surface area contributed by atoms with Gasteiger partial charge in [0.2, 0.25) is 0 Å². The minimum Gasteiger partial charge on any atom is -0.396 e. The standard InChI is InChI=1S/C7H16O4/c1-9-7(10-2,11-3)5-4-6-8/h8H,4-6H2,1-3H3. The molecular formula is C7H16O4. The molecule has 0 aromatic carbocycles. The summed E-state index contributed by atoms with van der Waals surface area (Å²) in [5, 5.41) is 8.55. The third-order valence-corrected chi connectivity index (χ3v) is 1.57. The van der Waals surface area contributed by atoms with E-state index in [2.05, 4.69) is 0 Å². The lowest BCUT2D eigenvalue weighted by Crippen LogP contribution is -2.36. The van der Waals surface area contributed by atoms with Crippen molar-refractivity contribution in [3.05, 3.63) is 0 Å². The molecule has 0 heterocycles. The zero-order valence-electron chi connectivity index (χ0n) is 7.29. The average molecular weight is 164 g/mol. The van der Waals surface area contributed by atoms with Crippen molar-refractivity contribution >= 4 is 0 Å². The maximum absolute atomic E-state index is 8.55. The van der Waals surface area contributed by atoms with Gasteiger partial charge in [-0.25, -0.2) is 0 Å². The van der Waals surface area contributed by atoms with Gasteiger partial charge in [-0.3, -0.25) is 0 Å². The molecule has 68 valence electrons. The molecule has 0 unspecified atom stereocenters. The molecule has 0 fully saturated rings. The van der Waals surface area contributed by atoms with Crippen molar-refractivity contribution in [2.24, 2.45) is 0 Å². The lowest BCUT2D eigenvalue weighted by Gasteiger charge is -2.28. The number of hydrogen-bond donors (Lipinski definition) is 1. The fourth-order valence-corrected chi connectivity index (χ4v) is 0.852. The van der Waals surface area contributed by atoms with Crippen molar-refractivity contribution in [3.8, 4) is 0 Å². The number of rotatable bonds is 6. The first-order valence-corrected chi connectivity index (χ1v) is 3.51. The predicted molar refractivity (Wildman–Crippen MR) is 40.1 cm³/mol. The number of aliphatic hydroxyl groups is 1. The quantitative estimate of drug-likeness (QED) is 0.575. The summed E-state index contributed by atoms with van der Waals surface area (Å²) in [5.41, 5.74) is 0. The van der Waals surface area contributed by atoms with E-state index < -0.39 is 5.97 Å². The second kappa shape index (κ2) is 5.49. The molecular weight excluding hydrogens is 148 g/mol. The van der Waals surface area contributed by atoms with E-state index in [1.807, 2.05) is 0 Å². The summed E-state index contributed by atoms with van der Waals surface area (Å²) in [6.45, 7) is 0.109. The predicted octanol–water partition coefficient (Wildman–Crippen LogP) is 0.352. The zero-order chi connectivity index (χ0) is 8.74. The topological polar surface area (TPSA) is 47.9 Å². The van der Waals surface area contributed by atoms with E-state index in [4.69, 9.17) is 19.3 Å². The Morgan fingerprint density at radius 3 is 1.82 bits per heavy atom. The van der Waals surface area contributed by atoms with Crippen LogP contribution in [0.5, 0.6) is 0 Å². The van der Waals surface area contributed by atoms with E-state index in [1.165, 1.54) is 21.3 Å². The second-order valence-electron chi connectivity index (χ2n) is 2.12. The van der Waals surface area contributed by atoms with Gasteiger partial charge in [-0.05, 0) is 6.42 Å². The largest absolute Gasteiger partial charge is 0.396 e. The lowest BCUT2D eigenvalue weighted by atomic mass is 10.3. The van der Waals surface area contributed by atoms with Gasteiger partial charge in [0, 0.05) is 34.4 Å². The molecule has 0 saturated carbocycles. The summed E-state index contributed by atoms with van der Waals surface area (Å²) in [6, 6.07) is 0. The van der Waals surface area contributed by atoms with Crippen LogP contribution < -0.4 is 0 Å². The summed E-state index contributed by atoms with van der Waals surface area (Å²) in [6.07, 6.45) is 1.11. The molecule has 0 amide bonds. The molecule has 0 atom stereocenters. The van der Waals surface area contributed by atoms with Gasteiger partial charge in [0.25, 0.3) is 5.97 Å². The molecule has 0 aliphatic carbocycles. The molecule has 0 saturated heterocycles. The van der Waals surface area contributed by atoms with Gasteiger partial charge in [0.05, 0.1) is 0 Å². The van der Waals surface area contributed by atoms with Gasteiger partial charge < -0.3 is 19.3 Å². The minimum atomic E-state index is -0.983. The van der Waals surface area contributed by atoms with Gasteiger partial charge >= 0.3 is 0 Å². The van der Waals surface area contributed by atoms with Crippen molar-refractivity contribution in [2.75, 3.05) is 27.9 Å². The van der Waals surface area contributed by atoms with Crippen LogP contribution in [0.3, 0.4) is 0 Å². The Balaban J connectivity index is 3.84. The molecule has 0 aliphatic heterocycles. The first-order valence-electron chi connectivity index (χ1n) is 3.51. The Labute approximate surface area is 67.1 Å². The number of ether oxygens (including phenoxy) is 3. The molecule has 0 aliphatic rings. The van der Waals surface area contributed by atoms with E-state index in [9.17, 15) is 0 Å². The fraction of sp³-hybridized carbons (Fsp3) is 1.00. The monoisotopic (exact) mass is 164 g/mol. The van der Waals surface area contributed by atoms with Crippen molar-refractivity contribution in [3.63, 3.8) is 0 Å². The smallest absolute Gasteiger partial charge is 0.282 e. The maximum Gasteiger partial charge on any atom is 0.282 e. The van der Waals surface area contributed by atoms with Crippen molar-refractivity contribution in [1.82, 2.24) is 0 Å². The molecule has 4 nitrogen and oxygen atoms in total. The second-order valence-corrected chi connectivity index (χ2v) is 2.12. The third-order valence-electron chi connectivity index (χ3n) is 1.57. The van der Waals surface area contributed by atoms with Crippen LogP contribution in [0, 0.1) is 0 Å². The van der Waals surface area contributed by atoms with Crippen molar-refractivity contribution < 1.29 is 19.3 Å². The van der Waals surface area contributed by atoms with Crippen LogP contribution in [0.2, 0.25) is 0 Å². The van der Waals surface area contributed by atoms with Gasteiger partial charge in [-0.1, -0.05) is 0 Å². The van der Waals surface area contributed by atoms with E-state index in [1.54, 1.807) is 0 Å². The van der Waals surface area contributed by atoms with E-state index in [0.29, 0.717) is 12.8 Å². The van der Waals surface area contributed by atoms with Crippen molar-refractivity contribution in [1.29, 1.82) is 0 Å². The molecule has 0 aromatic rings. The Bertz CT molecular complexity index is 82.2. The molecule has 0 spiro atoms. The van der Waals surface area contributed by atoms with E-state index >= 15 is 0 Å². The Morgan fingerprint density at radius 1 is 1.09 bits per heavy atom. The highest BCUT2D eigenvalue weighted by atomic mass is 16.9. The van der Waals surface area contributed by atoms with Crippen LogP contribution in [0.15, 0.2) is 0 Å². The average Bonchev–Trinajstić information content (AvgIpc) is 2.08. The number of methoxy groups -OCH3 is 3. The highest BCUT2D eigenvalue weighted by molar-refractivity contribution is 4.54.